The molecule has 1 unspecified atom stereocenters. The predicted molar refractivity (Wildman–Crippen MR) is 92.2 cm³/mol. The maximum absolute atomic E-state index is 12.9. The summed E-state index contributed by atoms with van der Waals surface area (Å²) in [7, 11) is 0. The zero-order valence-corrected chi connectivity index (χ0v) is 13.2. The van der Waals surface area contributed by atoms with Crippen LogP contribution in [0.2, 0.25) is 0 Å². The molecule has 0 radical (unpaired) electrons. The van der Waals surface area contributed by atoms with Gasteiger partial charge in [-0.15, -0.1) is 11.8 Å². The first-order valence-corrected chi connectivity index (χ1v) is 8.56. The van der Waals surface area contributed by atoms with Crippen molar-refractivity contribution in [3.05, 3.63) is 72.1 Å². The van der Waals surface area contributed by atoms with Crippen molar-refractivity contribution in [3.63, 3.8) is 0 Å². The van der Waals surface area contributed by atoms with E-state index in [1.165, 1.54) is 5.56 Å². The summed E-state index contributed by atoms with van der Waals surface area (Å²) in [5, 5.41) is 0.0845. The van der Waals surface area contributed by atoms with E-state index in [0.717, 1.165) is 23.3 Å². The predicted octanol–water partition coefficient (Wildman–Crippen LogP) is 3.52. The van der Waals surface area contributed by atoms with Gasteiger partial charge in [-0.3, -0.25) is 14.8 Å². The summed E-state index contributed by atoms with van der Waals surface area (Å²) in [6.07, 6.45) is 3.31. The van der Waals surface area contributed by atoms with Gasteiger partial charge in [-0.25, -0.2) is 0 Å². The van der Waals surface area contributed by atoms with E-state index in [4.69, 9.17) is 0 Å². The van der Waals surface area contributed by atoms with Gasteiger partial charge in [0.25, 0.3) is 5.91 Å². The van der Waals surface area contributed by atoms with Crippen LogP contribution in [0.1, 0.15) is 21.3 Å². The first-order valence-electron chi connectivity index (χ1n) is 7.51. The molecule has 0 bridgehead atoms. The largest absolute Gasteiger partial charge is 0.322 e. The maximum Gasteiger partial charge on any atom is 0.255 e. The molecule has 3 aromatic rings. The fourth-order valence-corrected chi connectivity index (χ4v) is 4.09. The Bertz CT molecular complexity index is 853. The third-order valence-electron chi connectivity index (χ3n) is 3.95. The summed E-state index contributed by atoms with van der Waals surface area (Å²) >= 11 is 1.81. The van der Waals surface area contributed by atoms with Gasteiger partial charge in [0.05, 0.1) is 11.0 Å². The summed E-state index contributed by atoms with van der Waals surface area (Å²) in [6, 6.07) is 15.7. The highest BCUT2D eigenvalue weighted by atomic mass is 32.2. The van der Waals surface area contributed by atoms with Gasteiger partial charge >= 0.3 is 0 Å². The number of hydrogen-bond donors (Lipinski definition) is 0. The maximum atomic E-state index is 12.9. The molecular weight excluding hydrogens is 306 g/mol. The highest BCUT2D eigenvalue weighted by Gasteiger charge is 2.31. The van der Waals surface area contributed by atoms with Crippen LogP contribution in [0.3, 0.4) is 0 Å². The van der Waals surface area contributed by atoms with Crippen molar-refractivity contribution in [2.45, 2.75) is 5.37 Å². The van der Waals surface area contributed by atoms with E-state index in [0.29, 0.717) is 5.56 Å². The van der Waals surface area contributed by atoms with Crippen molar-refractivity contribution in [3.8, 4) is 0 Å². The average Bonchev–Trinajstić information content (AvgIpc) is 3.11. The summed E-state index contributed by atoms with van der Waals surface area (Å²) in [4.78, 5) is 23.4. The summed E-state index contributed by atoms with van der Waals surface area (Å²) in [6.45, 7) is 0.765. The molecule has 4 nitrogen and oxygen atoms in total. The van der Waals surface area contributed by atoms with Crippen molar-refractivity contribution in [1.82, 2.24) is 14.9 Å². The Labute approximate surface area is 138 Å². The lowest BCUT2D eigenvalue weighted by molar-refractivity contribution is 0.0760. The number of nitrogens with zero attached hydrogens (tertiary/aromatic N) is 3. The molecule has 0 aliphatic carbocycles. The van der Waals surface area contributed by atoms with Gasteiger partial charge in [-0.1, -0.05) is 30.3 Å². The topological polar surface area (TPSA) is 46.1 Å². The number of aromatic nitrogens is 2. The fraction of sp³-hybridized carbons (Fsp3) is 0.167. The third-order valence-corrected chi connectivity index (χ3v) is 5.21. The Balaban J connectivity index is 1.66. The van der Waals surface area contributed by atoms with Crippen molar-refractivity contribution < 1.29 is 4.79 Å². The molecule has 0 N–H and O–H groups in total. The SMILES string of the molecule is O=C(c1ccc2nccnc2c1)N1CCSC1c1ccccc1. The molecule has 1 aromatic heterocycles. The van der Waals surface area contributed by atoms with E-state index >= 15 is 0 Å². The molecule has 0 saturated carbocycles. The number of hydrogen-bond acceptors (Lipinski definition) is 4. The minimum atomic E-state index is 0.0522. The number of rotatable bonds is 2. The standard InChI is InChI=1S/C18H15N3OS/c22-17(14-6-7-15-16(12-14)20-9-8-19-15)21-10-11-23-18(21)13-4-2-1-3-5-13/h1-9,12,18H,10-11H2. The van der Waals surface area contributed by atoms with E-state index in [1.807, 2.05) is 53.1 Å². The Kier molecular flexibility index (Phi) is 3.71. The lowest BCUT2D eigenvalue weighted by atomic mass is 10.1. The van der Waals surface area contributed by atoms with Gasteiger partial charge in [0, 0.05) is 30.3 Å². The van der Waals surface area contributed by atoms with Crippen molar-refractivity contribution >= 4 is 28.7 Å². The van der Waals surface area contributed by atoms with Crippen LogP contribution in [0.4, 0.5) is 0 Å². The summed E-state index contributed by atoms with van der Waals surface area (Å²) in [5.41, 5.74) is 3.39. The normalized spacial score (nSPS) is 17.6. The van der Waals surface area contributed by atoms with Gasteiger partial charge in [0.1, 0.15) is 5.37 Å². The number of benzene rings is 2. The van der Waals surface area contributed by atoms with Crippen LogP contribution < -0.4 is 0 Å². The lowest BCUT2D eigenvalue weighted by Gasteiger charge is -2.24. The number of carbonyl (C=O) groups excluding carboxylic acids is 1. The monoisotopic (exact) mass is 321 g/mol. The van der Waals surface area contributed by atoms with Gasteiger partial charge < -0.3 is 4.90 Å². The second-order valence-corrected chi connectivity index (χ2v) is 6.58. The first-order chi connectivity index (χ1) is 11.3. The zero-order chi connectivity index (χ0) is 15.6. The van der Waals surface area contributed by atoms with Crippen molar-refractivity contribution in [2.24, 2.45) is 0 Å². The van der Waals surface area contributed by atoms with Crippen molar-refractivity contribution in [1.29, 1.82) is 0 Å². The molecular formula is C18H15N3OS. The van der Waals surface area contributed by atoms with Gasteiger partial charge in [-0.05, 0) is 23.8 Å². The highest BCUT2D eigenvalue weighted by Crippen LogP contribution is 2.38. The van der Waals surface area contributed by atoms with Crippen LogP contribution in [0, 0.1) is 0 Å². The summed E-state index contributed by atoms with van der Waals surface area (Å²) in [5.74, 6) is 1.01. The van der Waals surface area contributed by atoms with Crippen LogP contribution in [-0.2, 0) is 0 Å². The molecule has 1 amide bonds. The first kappa shape index (κ1) is 14.2. The molecule has 2 aromatic carbocycles. The van der Waals surface area contributed by atoms with E-state index in [-0.39, 0.29) is 11.3 Å². The van der Waals surface area contributed by atoms with Crippen LogP contribution in [-0.4, -0.2) is 33.1 Å². The smallest absolute Gasteiger partial charge is 0.255 e. The molecule has 1 fully saturated rings. The fourth-order valence-electron chi connectivity index (χ4n) is 2.83. The molecule has 1 aliphatic heterocycles. The van der Waals surface area contributed by atoms with Crippen LogP contribution in [0.15, 0.2) is 60.9 Å². The van der Waals surface area contributed by atoms with Crippen molar-refractivity contribution in [2.75, 3.05) is 12.3 Å². The quantitative estimate of drug-likeness (QED) is 0.724. The Hall–Kier alpha value is -2.40. The van der Waals surface area contributed by atoms with Crippen LogP contribution in [0.25, 0.3) is 11.0 Å². The second kappa shape index (κ2) is 6.01. The summed E-state index contributed by atoms with van der Waals surface area (Å²) < 4.78 is 0. The zero-order valence-electron chi connectivity index (χ0n) is 12.4. The second-order valence-electron chi connectivity index (χ2n) is 5.39. The third kappa shape index (κ3) is 2.68. The average molecular weight is 321 g/mol. The highest BCUT2D eigenvalue weighted by molar-refractivity contribution is 7.99. The minimum Gasteiger partial charge on any atom is -0.322 e. The van der Waals surface area contributed by atoms with E-state index < -0.39 is 0 Å². The molecule has 5 heteroatoms. The Morgan fingerprint density at radius 2 is 1.83 bits per heavy atom. The van der Waals surface area contributed by atoms with Gasteiger partial charge in [0.2, 0.25) is 0 Å². The number of amides is 1. The van der Waals surface area contributed by atoms with Crippen LogP contribution in [0.5, 0.6) is 0 Å². The Morgan fingerprint density at radius 1 is 1.04 bits per heavy atom. The number of fused-ring (bicyclic) bond motifs is 1. The molecule has 1 saturated heterocycles. The number of thioether (sulfide) groups is 1. The molecule has 114 valence electrons. The Morgan fingerprint density at radius 3 is 2.65 bits per heavy atom. The minimum absolute atomic E-state index is 0.0522. The molecule has 23 heavy (non-hydrogen) atoms. The molecule has 1 aliphatic rings. The lowest BCUT2D eigenvalue weighted by Crippen LogP contribution is -2.30. The van der Waals surface area contributed by atoms with Crippen LogP contribution >= 0.6 is 11.8 Å². The van der Waals surface area contributed by atoms with Gasteiger partial charge in [-0.2, -0.15) is 0 Å². The molecule has 0 spiro atoms. The van der Waals surface area contributed by atoms with Gasteiger partial charge in [0.15, 0.2) is 0 Å². The van der Waals surface area contributed by atoms with E-state index in [9.17, 15) is 4.79 Å². The molecule has 2 heterocycles. The number of carbonyl (C=O) groups is 1. The van der Waals surface area contributed by atoms with E-state index in [2.05, 4.69) is 22.1 Å². The van der Waals surface area contributed by atoms with E-state index in [1.54, 1.807) is 12.4 Å². The molecule has 4 rings (SSSR count). The molecule has 1 atom stereocenters.